The van der Waals surface area contributed by atoms with E-state index in [9.17, 15) is 14.4 Å². The molecule has 3 heterocycles. The fourth-order valence-electron chi connectivity index (χ4n) is 4.88. The van der Waals surface area contributed by atoms with E-state index in [1.165, 1.54) is 14.1 Å². The topological polar surface area (TPSA) is 70.2 Å². The molecular formula is C19H23N3O4. The summed E-state index contributed by atoms with van der Waals surface area (Å²) in [5.74, 6) is -0.889. The molecule has 0 radical (unpaired) electrons. The smallest absolute Gasteiger partial charge is 0.332 e. The van der Waals surface area contributed by atoms with Crippen LogP contribution in [0.25, 0.3) is 0 Å². The predicted octanol–water partition coefficient (Wildman–Crippen LogP) is 1.26. The number of fused-ring (bicyclic) bond motifs is 4. The standard InChI is InChI=1S/C19H23N3O4/c1-11-10-22-14-8-6-5-7-13(14)9-19(15(22)12(2)26-11)16(23)20(3)18(25)21(4)17(19)24/h5-8,11-12,15H,9-10H2,1-4H3/t11-,12-,15-/m0/s1. The number of para-hydroxylation sites is 1. The number of ether oxygens (including phenoxy) is 1. The fraction of sp³-hybridized carbons (Fsp3) is 0.526. The molecule has 2 saturated heterocycles. The predicted molar refractivity (Wildman–Crippen MR) is 94.7 cm³/mol. The number of amides is 4. The number of anilines is 1. The van der Waals surface area contributed by atoms with Crippen molar-refractivity contribution in [2.75, 3.05) is 25.5 Å². The molecule has 4 amide bonds. The van der Waals surface area contributed by atoms with Gasteiger partial charge in [-0.15, -0.1) is 0 Å². The van der Waals surface area contributed by atoms with Crippen molar-refractivity contribution in [2.45, 2.75) is 38.5 Å². The summed E-state index contributed by atoms with van der Waals surface area (Å²) < 4.78 is 6.02. The van der Waals surface area contributed by atoms with E-state index in [0.29, 0.717) is 6.54 Å². The van der Waals surface area contributed by atoms with E-state index in [-0.39, 0.29) is 18.6 Å². The lowest BCUT2D eigenvalue weighted by atomic mass is 9.66. The average Bonchev–Trinajstić information content (AvgIpc) is 2.62. The van der Waals surface area contributed by atoms with Crippen LogP contribution >= 0.6 is 0 Å². The number of carbonyl (C=O) groups is 3. The number of morpholine rings is 1. The van der Waals surface area contributed by atoms with Gasteiger partial charge in [-0.3, -0.25) is 19.4 Å². The molecule has 0 N–H and O–H groups in total. The van der Waals surface area contributed by atoms with Crippen molar-refractivity contribution in [1.29, 1.82) is 0 Å². The number of barbiturate groups is 1. The molecule has 0 aromatic heterocycles. The van der Waals surface area contributed by atoms with Crippen molar-refractivity contribution in [3.8, 4) is 0 Å². The van der Waals surface area contributed by atoms with Gasteiger partial charge in [0.05, 0.1) is 18.2 Å². The molecule has 0 aliphatic carbocycles. The molecule has 1 spiro atoms. The second-order valence-electron chi connectivity index (χ2n) is 7.54. The Morgan fingerprint density at radius 2 is 1.65 bits per heavy atom. The molecule has 7 nitrogen and oxygen atoms in total. The normalized spacial score (nSPS) is 30.5. The number of nitrogens with zero attached hydrogens (tertiary/aromatic N) is 3. The summed E-state index contributed by atoms with van der Waals surface area (Å²) in [6.45, 7) is 4.48. The van der Waals surface area contributed by atoms with Gasteiger partial charge in [0.15, 0.2) is 5.41 Å². The number of hydrogen-bond donors (Lipinski definition) is 0. The lowest BCUT2D eigenvalue weighted by Crippen LogP contribution is -2.75. The molecule has 2 fully saturated rings. The molecule has 1 aromatic carbocycles. The van der Waals surface area contributed by atoms with Crippen LogP contribution in [0.2, 0.25) is 0 Å². The van der Waals surface area contributed by atoms with Crippen LogP contribution in [0.1, 0.15) is 19.4 Å². The number of rotatable bonds is 0. The third-order valence-electron chi connectivity index (χ3n) is 5.90. The molecule has 3 atom stereocenters. The first kappa shape index (κ1) is 17.0. The van der Waals surface area contributed by atoms with E-state index in [2.05, 4.69) is 4.90 Å². The Morgan fingerprint density at radius 1 is 1.04 bits per heavy atom. The van der Waals surface area contributed by atoms with Gasteiger partial charge in [0, 0.05) is 26.3 Å². The number of benzene rings is 1. The first-order valence-corrected chi connectivity index (χ1v) is 8.89. The Hall–Kier alpha value is -2.41. The lowest BCUT2D eigenvalue weighted by molar-refractivity contribution is -0.166. The van der Waals surface area contributed by atoms with Crippen LogP contribution in [0, 0.1) is 5.41 Å². The Bertz CT molecular complexity index is 784. The van der Waals surface area contributed by atoms with Crippen molar-refractivity contribution in [2.24, 2.45) is 5.41 Å². The third-order valence-corrected chi connectivity index (χ3v) is 5.90. The molecule has 26 heavy (non-hydrogen) atoms. The second-order valence-corrected chi connectivity index (χ2v) is 7.54. The summed E-state index contributed by atoms with van der Waals surface area (Å²) in [6.07, 6.45) is -0.0724. The molecule has 4 rings (SSSR count). The summed E-state index contributed by atoms with van der Waals surface area (Å²) in [5.41, 5.74) is 0.626. The highest BCUT2D eigenvalue weighted by atomic mass is 16.5. The van der Waals surface area contributed by atoms with Crippen LogP contribution in [0.5, 0.6) is 0 Å². The fourth-order valence-corrected chi connectivity index (χ4v) is 4.88. The number of imide groups is 2. The molecular weight excluding hydrogens is 334 g/mol. The highest BCUT2D eigenvalue weighted by molar-refractivity contribution is 6.20. The van der Waals surface area contributed by atoms with Crippen molar-refractivity contribution in [3.05, 3.63) is 29.8 Å². The zero-order chi connectivity index (χ0) is 18.8. The van der Waals surface area contributed by atoms with Gasteiger partial charge in [0.2, 0.25) is 11.8 Å². The first-order chi connectivity index (χ1) is 12.3. The van der Waals surface area contributed by atoms with Gasteiger partial charge in [0.25, 0.3) is 0 Å². The minimum absolute atomic E-state index is 0.0182. The van der Waals surface area contributed by atoms with Crippen LogP contribution in [-0.2, 0) is 20.7 Å². The van der Waals surface area contributed by atoms with Crippen molar-refractivity contribution >= 4 is 23.5 Å². The Morgan fingerprint density at radius 3 is 2.31 bits per heavy atom. The molecule has 138 valence electrons. The van der Waals surface area contributed by atoms with E-state index in [1.54, 1.807) is 0 Å². The van der Waals surface area contributed by atoms with Crippen molar-refractivity contribution in [3.63, 3.8) is 0 Å². The van der Waals surface area contributed by atoms with E-state index in [1.807, 2.05) is 38.1 Å². The van der Waals surface area contributed by atoms with Crippen molar-refractivity contribution < 1.29 is 19.1 Å². The third kappa shape index (κ3) is 2.00. The van der Waals surface area contributed by atoms with Crippen LogP contribution in [0.15, 0.2) is 24.3 Å². The Labute approximate surface area is 152 Å². The van der Waals surface area contributed by atoms with Crippen LogP contribution in [0.3, 0.4) is 0 Å². The number of hydrogen-bond acceptors (Lipinski definition) is 5. The monoisotopic (exact) mass is 357 g/mol. The van der Waals surface area contributed by atoms with Gasteiger partial charge in [-0.2, -0.15) is 0 Å². The van der Waals surface area contributed by atoms with Gasteiger partial charge < -0.3 is 9.64 Å². The summed E-state index contributed by atoms with van der Waals surface area (Å²) in [7, 11) is 2.88. The van der Waals surface area contributed by atoms with Gasteiger partial charge in [0.1, 0.15) is 0 Å². The average molecular weight is 357 g/mol. The molecule has 0 saturated carbocycles. The Balaban J connectivity index is 1.94. The maximum Gasteiger partial charge on any atom is 0.332 e. The first-order valence-electron chi connectivity index (χ1n) is 8.89. The maximum atomic E-state index is 13.3. The van der Waals surface area contributed by atoms with Crippen LogP contribution in [0.4, 0.5) is 10.5 Å². The summed E-state index contributed by atoms with van der Waals surface area (Å²) in [5, 5.41) is 0. The van der Waals surface area contributed by atoms with E-state index in [0.717, 1.165) is 21.1 Å². The van der Waals surface area contributed by atoms with Crippen LogP contribution < -0.4 is 4.90 Å². The van der Waals surface area contributed by atoms with Gasteiger partial charge in [-0.05, 0) is 31.9 Å². The number of urea groups is 1. The summed E-state index contributed by atoms with van der Waals surface area (Å²) in [6, 6.07) is 6.81. The van der Waals surface area contributed by atoms with E-state index < -0.39 is 29.3 Å². The highest BCUT2D eigenvalue weighted by Gasteiger charge is 2.65. The lowest BCUT2D eigenvalue weighted by Gasteiger charge is -2.57. The summed E-state index contributed by atoms with van der Waals surface area (Å²) >= 11 is 0. The van der Waals surface area contributed by atoms with Gasteiger partial charge in [-0.1, -0.05) is 18.2 Å². The molecule has 7 heteroatoms. The van der Waals surface area contributed by atoms with Gasteiger partial charge in [-0.25, -0.2) is 4.79 Å². The minimum Gasteiger partial charge on any atom is -0.372 e. The van der Waals surface area contributed by atoms with Crippen LogP contribution in [-0.4, -0.2) is 66.5 Å². The molecule has 3 aliphatic rings. The maximum absolute atomic E-state index is 13.3. The van der Waals surface area contributed by atoms with E-state index >= 15 is 0 Å². The second kappa shape index (κ2) is 5.54. The molecule has 0 unspecified atom stereocenters. The zero-order valence-corrected chi connectivity index (χ0v) is 15.4. The van der Waals surface area contributed by atoms with Gasteiger partial charge >= 0.3 is 6.03 Å². The Kier molecular flexibility index (Phi) is 3.63. The quantitative estimate of drug-likeness (QED) is 0.654. The zero-order valence-electron chi connectivity index (χ0n) is 15.4. The largest absolute Gasteiger partial charge is 0.372 e. The SMILES string of the molecule is C[C@@H]1O[C@@H](C)CN2c3ccccc3CC3(C(=O)N(C)C(=O)N(C)C3=O)[C@H]12. The molecule has 0 bridgehead atoms. The number of carbonyl (C=O) groups excluding carboxylic acids is 3. The van der Waals surface area contributed by atoms with E-state index in [4.69, 9.17) is 4.74 Å². The minimum atomic E-state index is -1.36. The molecule has 1 aromatic rings. The molecule has 3 aliphatic heterocycles. The summed E-state index contributed by atoms with van der Waals surface area (Å²) in [4.78, 5) is 43.2. The van der Waals surface area contributed by atoms with Crippen molar-refractivity contribution in [1.82, 2.24) is 9.80 Å². The highest BCUT2D eigenvalue weighted by Crippen LogP contribution is 2.48.